The van der Waals surface area contributed by atoms with Crippen molar-refractivity contribution in [2.75, 3.05) is 19.8 Å². The summed E-state index contributed by atoms with van der Waals surface area (Å²) in [5.74, 6) is 4.86. The summed E-state index contributed by atoms with van der Waals surface area (Å²) in [5.41, 5.74) is 0. The molecular formula is C7H17NO3. The van der Waals surface area contributed by atoms with Crippen molar-refractivity contribution in [3.05, 3.63) is 0 Å². The van der Waals surface area contributed by atoms with Gasteiger partial charge in [0.1, 0.15) is 0 Å². The molecule has 4 nitrogen and oxygen atoms in total. The molecule has 0 aromatic rings. The quantitative estimate of drug-likeness (QED) is 0.442. The number of rotatable bonds is 7. The van der Waals surface area contributed by atoms with Crippen LogP contribution in [-0.4, -0.2) is 26.1 Å². The van der Waals surface area contributed by atoms with Crippen LogP contribution in [0.5, 0.6) is 0 Å². The van der Waals surface area contributed by atoms with Crippen LogP contribution in [0.4, 0.5) is 0 Å². The first-order valence-corrected chi connectivity index (χ1v) is 3.90. The van der Waals surface area contributed by atoms with E-state index in [0.29, 0.717) is 26.2 Å². The molecule has 68 valence electrons. The summed E-state index contributed by atoms with van der Waals surface area (Å²) in [6.07, 6.45) is 0.506. The molecule has 0 aromatic carbocycles. The summed E-state index contributed by atoms with van der Waals surface area (Å²) < 4.78 is 10.5. The summed E-state index contributed by atoms with van der Waals surface area (Å²) in [6, 6.07) is 0. The highest BCUT2D eigenvalue weighted by molar-refractivity contribution is 4.42. The highest BCUT2D eigenvalue weighted by Crippen LogP contribution is 1.99. The van der Waals surface area contributed by atoms with E-state index in [9.17, 15) is 0 Å². The molecule has 4 heteroatoms. The van der Waals surface area contributed by atoms with Crippen molar-refractivity contribution in [3.63, 3.8) is 0 Å². The van der Waals surface area contributed by atoms with Gasteiger partial charge < -0.3 is 14.3 Å². The Morgan fingerprint density at radius 2 is 1.73 bits per heavy atom. The molecule has 0 rings (SSSR count). The average Bonchev–Trinajstić information content (AvgIpc) is 2.01. The largest absolute Gasteiger partial charge is 0.353 e. The Kier molecular flexibility index (Phi) is 7.83. The van der Waals surface area contributed by atoms with Crippen molar-refractivity contribution in [1.29, 1.82) is 0 Å². The van der Waals surface area contributed by atoms with E-state index in [1.165, 1.54) is 0 Å². The first-order valence-electron chi connectivity index (χ1n) is 3.90. The number of hydrogen-bond acceptors (Lipinski definition) is 4. The molecule has 0 fully saturated rings. The number of hydrogen-bond donors (Lipinski definition) is 1. The van der Waals surface area contributed by atoms with E-state index in [2.05, 4.69) is 4.84 Å². The second kappa shape index (κ2) is 7.94. The Morgan fingerprint density at radius 3 is 2.09 bits per heavy atom. The Labute approximate surface area is 67.6 Å². The van der Waals surface area contributed by atoms with Gasteiger partial charge in [-0.2, -0.15) is 0 Å². The Morgan fingerprint density at radius 1 is 1.18 bits per heavy atom. The zero-order valence-corrected chi connectivity index (χ0v) is 7.21. The lowest BCUT2D eigenvalue weighted by Gasteiger charge is -2.15. The van der Waals surface area contributed by atoms with Crippen LogP contribution in [0.15, 0.2) is 0 Å². The lowest BCUT2D eigenvalue weighted by atomic mass is 10.4. The predicted molar refractivity (Wildman–Crippen MR) is 41.8 cm³/mol. The Balaban J connectivity index is 3.34. The van der Waals surface area contributed by atoms with Crippen molar-refractivity contribution < 1.29 is 14.3 Å². The minimum Gasteiger partial charge on any atom is -0.353 e. The molecule has 0 unspecified atom stereocenters. The lowest BCUT2D eigenvalue weighted by molar-refractivity contribution is -0.146. The fourth-order valence-electron chi connectivity index (χ4n) is 0.751. The average molecular weight is 163 g/mol. The summed E-state index contributed by atoms with van der Waals surface area (Å²) in [6.45, 7) is 5.61. The van der Waals surface area contributed by atoms with Crippen LogP contribution >= 0.6 is 0 Å². The maximum absolute atomic E-state index is 5.23. The highest BCUT2D eigenvalue weighted by atomic mass is 16.7. The van der Waals surface area contributed by atoms with Crippen LogP contribution < -0.4 is 5.90 Å². The van der Waals surface area contributed by atoms with Crippen LogP contribution in [0.25, 0.3) is 0 Å². The van der Waals surface area contributed by atoms with E-state index < -0.39 is 0 Å². The van der Waals surface area contributed by atoms with Gasteiger partial charge in [0, 0.05) is 19.6 Å². The van der Waals surface area contributed by atoms with E-state index in [4.69, 9.17) is 15.4 Å². The van der Waals surface area contributed by atoms with Gasteiger partial charge >= 0.3 is 0 Å². The molecule has 0 heterocycles. The van der Waals surface area contributed by atoms with Gasteiger partial charge in [-0.3, -0.25) is 0 Å². The van der Waals surface area contributed by atoms with Gasteiger partial charge in [0.15, 0.2) is 6.29 Å². The molecule has 0 bridgehead atoms. The molecule has 0 aliphatic carbocycles. The summed E-state index contributed by atoms with van der Waals surface area (Å²) in [7, 11) is 0. The minimum absolute atomic E-state index is 0.173. The minimum atomic E-state index is -0.173. The van der Waals surface area contributed by atoms with Crippen molar-refractivity contribution in [2.24, 2.45) is 5.90 Å². The smallest absolute Gasteiger partial charge is 0.159 e. The second-order valence-electron chi connectivity index (χ2n) is 2.00. The highest BCUT2D eigenvalue weighted by Gasteiger charge is 2.06. The predicted octanol–water partition coefficient (Wildman–Crippen LogP) is 0.666. The molecule has 0 aromatic heterocycles. The Bertz CT molecular complexity index is 74.1. The maximum Gasteiger partial charge on any atom is 0.159 e. The fraction of sp³-hybridized carbons (Fsp3) is 1.00. The molecule has 0 saturated heterocycles. The third-order valence-corrected chi connectivity index (χ3v) is 1.18. The van der Waals surface area contributed by atoms with E-state index in [1.54, 1.807) is 0 Å². The van der Waals surface area contributed by atoms with Crippen LogP contribution in [0.2, 0.25) is 0 Å². The Hall–Kier alpha value is -0.160. The molecule has 0 aliphatic rings. The topological polar surface area (TPSA) is 53.7 Å². The molecule has 2 N–H and O–H groups in total. The molecule has 0 amide bonds. The maximum atomic E-state index is 5.23. The number of nitrogens with two attached hydrogens (primary N) is 1. The van der Waals surface area contributed by atoms with Crippen molar-refractivity contribution in [3.8, 4) is 0 Å². The molecule has 0 saturated carbocycles. The van der Waals surface area contributed by atoms with Crippen molar-refractivity contribution >= 4 is 0 Å². The number of ether oxygens (including phenoxy) is 2. The SMILES string of the molecule is CCOC(CCON)OCC. The van der Waals surface area contributed by atoms with Gasteiger partial charge in [-0.25, -0.2) is 5.90 Å². The van der Waals surface area contributed by atoms with Crippen LogP contribution in [-0.2, 0) is 14.3 Å². The van der Waals surface area contributed by atoms with Gasteiger partial charge in [-0.05, 0) is 13.8 Å². The van der Waals surface area contributed by atoms with E-state index in [0.717, 1.165) is 0 Å². The van der Waals surface area contributed by atoms with Gasteiger partial charge in [-0.1, -0.05) is 0 Å². The third kappa shape index (κ3) is 6.25. The lowest BCUT2D eigenvalue weighted by Crippen LogP contribution is -2.20. The fourth-order valence-corrected chi connectivity index (χ4v) is 0.751. The van der Waals surface area contributed by atoms with E-state index >= 15 is 0 Å². The van der Waals surface area contributed by atoms with Crippen LogP contribution in [0.1, 0.15) is 20.3 Å². The van der Waals surface area contributed by atoms with Crippen molar-refractivity contribution in [1.82, 2.24) is 0 Å². The van der Waals surface area contributed by atoms with E-state index in [1.807, 2.05) is 13.8 Å². The third-order valence-electron chi connectivity index (χ3n) is 1.18. The molecule has 0 radical (unpaired) electrons. The monoisotopic (exact) mass is 163 g/mol. The van der Waals surface area contributed by atoms with Crippen LogP contribution in [0, 0.1) is 0 Å². The molecular weight excluding hydrogens is 146 g/mol. The second-order valence-corrected chi connectivity index (χ2v) is 2.00. The van der Waals surface area contributed by atoms with E-state index in [-0.39, 0.29) is 6.29 Å². The van der Waals surface area contributed by atoms with Crippen LogP contribution in [0.3, 0.4) is 0 Å². The van der Waals surface area contributed by atoms with Gasteiger partial charge in [0.25, 0.3) is 0 Å². The van der Waals surface area contributed by atoms with Crippen molar-refractivity contribution in [2.45, 2.75) is 26.6 Å². The molecule has 0 spiro atoms. The molecule has 11 heavy (non-hydrogen) atoms. The summed E-state index contributed by atoms with van der Waals surface area (Å²) in [4.78, 5) is 4.40. The summed E-state index contributed by atoms with van der Waals surface area (Å²) in [5, 5.41) is 0. The first kappa shape index (κ1) is 10.8. The van der Waals surface area contributed by atoms with Gasteiger partial charge in [0.05, 0.1) is 6.61 Å². The van der Waals surface area contributed by atoms with Gasteiger partial charge in [-0.15, -0.1) is 0 Å². The van der Waals surface area contributed by atoms with Gasteiger partial charge in [0.2, 0.25) is 0 Å². The zero-order chi connectivity index (χ0) is 8.53. The first-order chi connectivity index (χ1) is 5.35. The summed E-state index contributed by atoms with van der Waals surface area (Å²) >= 11 is 0. The normalized spacial score (nSPS) is 10.9. The molecule has 0 atom stereocenters. The zero-order valence-electron chi connectivity index (χ0n) is 7.21. The standard InChI is InChI=1S/C7H17NO3/c1-3-9-7(10-4-2)5-6-11-8/h7H,3-6,8H2,1-2H3. The molecule has 0 aliphatic heterocycles.